The van der Waals surface area contributed by atoms with Crippen molar-refractivity contribution in [3.63, 3.8) is 0 Å². The van der Waals surface area contributed by atoms with E-state index in [9.17, 15) is 4.79 Å². The fraction of sp³-hybridized carbons (Fsp3) is 0.471. The SMILES string of the molecule is COc1ccc(C)cc1C(C)NC(=O)CCCc1nc(C)no1. The van der Waals surface area contributed by atoms with Crippen molar-refractivity contribution in [2.45, 2.75) is 46.1 Å². The molecule has 1 heterocycles. The van der Waals surface area contributed by atoms with Crippen LogP contribution in [0.5, 0.6) is 5.75 Å². The van der Waals surface area contributed by atoms with Crippen LogP contribution >= 0.6 is 0 Å². The zero-order chi connectivity index (χ0) is 16.8. The monoisotopic (exact) mass is 317 g/mol. The number of benzene rings is 1. The summed E-state index contributed by atoms with van der Waals surface area (Å²) >= 11 is 0. The number of aromatic nitrogens is 2. The summed E-state index contributed by atoms with van der Waals surface area (Å²) in [4.78, 5) is 16.2. The molecule has 1 N–H and O–H groups in total. The van der Waals surface area contributed by atoms with Crippen LogP contribution in [0.15, 0.2) is 22.7 Å². The number of methoxy groups -OCH3 is 1. The van der Waals surface area contributed by atoms with Gasteiger partial charge in [-0.2, -0.15) is 4.98 Å². The predicted octanol–water partition coefficient (Wildman–Crippen LogP) is 2.90. The molecule has 0 saturated carbocycles. The highest BCUT2D eigenvalue weighted by atomic mass is 16.5. The largest absolute Gasteiger partial charge is 0.496 e. The summed E-state index contributed by atoms with van der Waals surface area (Å²) in [7, 11) is 1.63. The third-order valence-electron chi connectivity index (χ3n) is 3.59. The number of hydrogen-bond donors (Lipinski definition) is 1. The predicted molar refractivity (Wildman–Crippen MR) is 86.3 cm³/mol. The molecule has 1 aromatic carbocycles. The maximum atomic E-state index is 12.1. The number of carbonyl (C=O) groups excluding carboxylic acids is 1. The first kappa shape index (κ1) is 17.0. The lowest BCUT2D eigenvalue weighted by Gasteiger charge is -2.18. The average molecular weight is 317 g/mol. The van der Waals surface area contributed by atoms with Crippen LogP contribution in [0.25, 0.3) is 0 Å². The molecule has 0 aliphatic carbocycles. The summed E-state index contributed by atoms with van der Waals surface area (Å²) in [5.41, 5.74) is 2.11. The van der Waals surface area contributed by atoms with Crippen molar-refractivity contribution in [1.29, 1.82) is 0 Å². The first-order valence-corrected chi connectivity index (χ1v) is 7.72. The van der Waals surface area contributed by atoms with E-state index in [1.807, 2.05) is 32.0 Å². The molecule has 0 saturated heterocycles. The minimum absolute atomic E-state index is 0.00250. The highest BCUT2D eigenvalue weighted by Gasteiger charge is 2.14. The Hall–Kier alpha value is -2.37. The summed E-state index contributed by atoms with van der Waals surface area (Å²) in [6, 6.07) is 5.84. The number of rotatable bonds is 7. The van der Waals surface area contributed by atoms with Crippen LogP contribution < -0.4 is 10.1 Å². The van der Waals surface area contributed by atoms with E-state index in [2.05, 4.69) is 15.5 Å². The van der Waals surface area contributed by atoms with Crippen LogP contribution in [0.2, 0.25) is 0 Å². The van der Waals surface area contributed by atoms with E-state index in [-0.39, 0.29) is 11.9 Å². The average Bonchev–Trinajstić information content (AvgIpc) is 2.92. The summed E-state index contributed by atoms with van der Waals surface area (Å²) in [5, 5.41) is 6.73. The van der Waals surface area contributed by atoms with E-state index < -0.39 is 0 Å². The van der Waals surface area contributed by atoms with Gasteiger partial charge in [0.2, 0.25) is 11.8 Å². The Morgan fingerprint density at radius 1 is 1.39 bits per heavy atom. The molecule has 0 radical (unpaired) electrons. The van der Waals surface area contributed by atoms with Crippen LogP contribution in [0.1, 0.15) is 48.6 Å². The van der Waals surface area contributed by atoms with Gasteiger partial charge in [-0.15, -0.1) is 0 Å². The number of aryl methyl sites for hydroxylation is 3. The number of nitrogens with zero attached hydrogens (tertiary/aromatic N) is 2. The number of nitrogens with one attached hydrogen (secondary N) is 1. The maximum absolute atomic E-state index is 12.1. The Morgan fingerprint density at radius 2 is 2.17 bits per heavy atom. The van der Waals surface area contributed by atoms with E-state index in [0.29, 0.717) is 31.0 Å². The Balaban J connectivity index is 1.86. The fourth-order valence-corrected chi connectivity index (χ4v) is 2.43. The van der Waals surface area contributed by atoms with Crippen molar-refractivity contribution in [2.75, 3.05) is 7.11 Å². The second-order valence-corrected chi connectivity index (χ2v) is 5.62. The summed E-state index contributed by atoms with van der Waals surface area (Å²) < 4.78 is 10.4. The van der Waals surface area contributed by atoms with Crippen LogP contribution in [-0.2, 0) is 11.2 Å². The van der Waals surface area contributed by atoms with Gasteiger partial charge < -0.3 is 14.6 Å². The molecule has 1 atom stereocenters. The Morgan fingerprint density at radius 3 is 2.83 bits per heavy atom. The molecule has 124 valence electrons. The lowest BCUT2D eigenvalue weighted by atomic mass is 10.0. The van der Waals surface area contributed by atoms with Crippen LogP contribution in [0.3, 0.4) is 0 Å². The molecular weight excluding hydrogens is 294 g/mol. The van der Waals surface area contributed by atoms with E-state index >= 15 is 0 Å². The van der Waals surface area contributed by atoms with Gasteiger partial charge >= 0.3 is 0 Å². The number of amides is 1. The second kappa shape index (κ2) is 7.76. The van der Waals surface area contributed by atoms with Crippen molar-refractivity contribution in [1.82, 2.24) is 15.5 Å². The highest BCUT2D eigenvalue weighted by molar-refractivity contribution is 5.76. The molecule has 6 heteroatoms. The van der Waals surface area contributed by atoms with E-state index in [0.717, 1.165) is 16.9 Å². The van der Waals surface area contributed by atoms with Gasteiger partial charge in [-0.3, -0.25) is 4.79 Å². The molecule has 0 fully saturated rings. The zero-order valence-corrected chi connectivity index (χ0v) is 14.0. The van der Waals surface area contributed by atoms with E-state index in [1.54, 1.807) is 14.0 Å². The number of carbonyl (C=O) groups is 1. The van der Waals surface area contributed by atoms with Gasteiger partial charge in [-0.25, -0.2) is 0 Å². The Labute approximate surface area is 136 Å². The van der Waals surface area contributed by atoms with Gasteiger partial charge in [-0.1, -0.05) is 22.9 Å². The van der Waals surface area contributed by atoms with Crippen molar-refractivity contribution in [2.24, 2.45) is 0 Å². The molecule has 1 aromatic heterocycles. The summed E-state index contributed by atoms with van der Waals surface area (Å²) in [6.45, 7) is 5.75. The zero-order valence-electron chi connectivity index (χ0n) is 14.0. The lowest BCUT2D eigenvalue weighted by Crippen LogP contribution is -2.26. The van der Waals surface area contributed by atoms with Gasteiger partial charge in [0.05, 0.1) is 13.2 Å². The molecule has 2 aromatic rings. The topological polar surface area (TPSA) is 77.2 Å². The van der Waals surface area contributed by atoms with Gasteiger partial charge in [-0.05, 0) is 33.3 Å². The summed E-state index contributed by atoms with van der Waals surface area (Å²) in [5.74, 6) is 1.97. The normalized spacial score (nSPS) is 12.0. The molecule has 0 bridgehead atoms. The van der Waals surface area contributed by atoms with Gasteiger partial charge in [0.15, 0.2) is 5.82 Å². The van der Waals surface area contributed by atoms with Crippen LogP contribution in [-0.4, -0.2) is 23.2 Å². The van der Waals surface area contributed by atoms with E-state index in [1.165, 1.54) is 0 Å². The second-order valence-electron chi connectivity index (χ2n) is 5.62. The number of hydrogen-bond acceptors (Lipinski definition) is 5. The minimum atomic E-state index is -0.108. The third-order valence-corrected chi connectivity index (χ3v) is 3.59. The van der Waals surface area contributed by atoms with Crippen molar-refractivity contribution in [3.05, 3.63) is 41.0 Å². The van der Waals surface area contributed by atoms with E-state index in [4.69, 9.17) is 9.26 Å². The standard InChI is InChI=1S/C17H23N3O3/c1-11-8-9-15(22-4)14(10-11)12(2)18-16(21)6-5-7-17-19-13(3)20-23-17/h8-10,12H,5-7H2,1-4H3,(H,18,21). The third kappa shape index (κ3) is 4.81. The van der Waals surface area contributed by atoms with Crippen molar-refractivity contribution in [3.8, 4) is 5.75 Å². The lowest BCUT2D eigenvalue weighted by molar-refractivity contribution is -0.121. The van der Waals surface area contributed by atoms with Crippen molar-refractivity contribution >= 4 is 5.91 Å². The van der Waals surface area contributed by atoms with Crippen LogP contribution in [0, 0.1) is 13.8 Å². The minimum Gasteiger partial charge on any atom is -0.496 e. The highest BCUT2D eigenvalue weighted by Crippen LogP contribution is 2.26. The molecule has 0 aliphatic heterocycles. The molecule has 6 nitrogen and oxygen atoms in total. The van der Waals surface area contributed by atoms with Crippen LogP contribution in [0.4, 0.5) is 0 Å². The molecule has 2 rings (SSSR count). The Bertz CT molecular complexity index is 667. The molecule has 1 unspecified atom stereocenters. The molecule has 1 amide bonds. The summed E-state index contributed by atoms with van der Waals surface area (Å²) in [6.07, 6.45) is 1.70. The quantitative estimate of drug-likeness (QED) is 0.849. The smallest absolute Gasteiger partial charge is 0.226 e. The fourth-order valence-electron chi connectivity index (χ4n) is 2.43. The number of ether oxygens (including phenoxy) is 1. The van der Waals surface area contributed by atoms with Gasteiger partial charge in [0.1, 0.15) is 5.75 Å². The van der Waals surface area contributed by atoms with Gasteiger partial charge in [0, 0.05) is 18.4 Å². The maximum Gasteiger partial charge on any atom is 0.226 e. The molecular formula is C17H23N3O3. The molecule has 0 aliphatic rings. The molecule has 0 spiro atoms. The van der Waals surface area contributed by atoms with Crippen molar-refractivity contribution < 1.29 is 14.1 Å². The molecule has 23 heavy (non-hydrogen) atoms. The first-order valence-electron chi connectivity index (χ1n) is 7.72. The first-order chi connectivity index (χ1) is 11.0. The van der Waals surface area contributed by atoms with Gasteiger partial charge in [0.25, 0.3) is 0 Å². The Kier molecular flexibility index (Phi) is 5.73.